The lowest BCUT2D eigenvalue weighted by Crippen LogP contribution is -2.24. The third kappa shape index (κ3) is 5.22. The van der Waals surface area contributed by atoms with Gasteiger partial charge < -0.3 is 19.9 Å². The van der Waals surface area contributed by atoms with Crippen molar-refractivity contribution in [2.75, 3.05) is 23.9 Å². The minimum absolute atomic E-state index is 0.180. The van der Waals surface area contributed by atoms with E-state index in [4.69, 9.17) is 4.74 Å². The van der Waals surface area contributed by atoms with Gasteiger partial charge in [-0.25, -0.2) is 13.8 Å². The Kier molecular flexibility index (Phi) is 8.34. The number of hydrogen-bond acceptors (Lipinski definition) is 4. The maximum Gasteiger partial charge on any atom is 0.435 e. The zero-order chi connectivity index (χ0) is 21.6. The number of anilines is 1. The van der Waals surface area contributed by atoms with Crippen LogP contribution in [0.4, 0.5) is 19.8 Å². The molecule has 0 fully saturated rings. The molecule has 0 radical (unpaired) electrons. The maximum atomic E-state index is 12.2. The number of hydrogen-bond donors (Lipinski definition) is 4. The molecule has 0 aromatic heterocycles. The fraction of sp³-hybridized carbons (Fsp3) is 0.222. The minimum Gasteiger partial charge on any atom is -0.447 e. The highest BCUT2D eigenvalue weighted by atomic mass is 127. The summed E-state index contributed by atoms with van der Waals surface area (Å²) in [6.07, 6.45) is -1.23. The van der Waals surface area contributed by atoms with Gasteiger partial charge in [0, 0.05) is 18.7 Å². The number of alkyl halides is 1. The molecule has 29 heavy (non-hydrogen) atoms. The number of ether oxygens (including phenoxy) is 1. The third-order valence-electron chi connectivity index (χ3n) is 4.26. The van der Waals surface area contributed by atoms with Crippen molar-refractivity contribution in [1.82, 2.24) is 10.9 Å². The number of amides is 3. The molecule has 0 bridgehead atoms. The van der Waals surface area contributed by atoms with E-state index < -0.39 is 29.1 Å². The lowest BCUT2D eigenvalue weighted by atomic mass is 9.97. The van der Waals surface area contributed by atoms with Crippen LogP contribution >= 0.6 is 22.6 Å². The Morgan fingerprint density at radius 1 is 1.17 bits per heavy atom. The zero-order valence-electron chi connectivity index (χ0n) is 15.5. The first-order valence-electron chi connectivity index (χ1n) is 8.23. The van der Waals surface area contributed by atoms with Gasteiger partial charge in [0.05, 0.1) is 4.90 Å². The van der Waals surface area contributed by atoms with Gasteiger partial charge in [-0.1, -0.05) is 39.2 Å². The third-order valence-corrected chi connectivity index (χ3v) is 4.92. The first-order valence-corrected chi connectivity index (χ1v) is 11.5. The fourth-order valence-corrected chi connectivity index (χ4v) is 3.50. The molecular formula is C18H19FIN3O5S. The lowest BCUT2D eigenvalue weighted by Gasteiger charge is -2.15. The summed E-state index contributed by atoms with van der Waals surface area (Å²) in [5.41, 5.74) is 4.47. The fourth-order valence-electron chi connectivity index (χ4n) is 3.08. The van der Waals surface area contributed by atoms with Gasteiger partial charge >= 0.3 is 12.1 Å². The Balaban J connectivity index is 0.00000145. The van der Waals surface area contributed by atoms with Gasteiger partial charge in [0.1, 0.15) is 6.61 Å². The van der Waals surface area contributed by atoms with E-state index in [1.165, 1.54) is 13.1 Å². The van der Waals surface area contributed by atoms with Crippen molar-refractivity contribution in [3.8, 4) is 11.1 Å². The average molecular weight is 535 g/mol. The SMILES string of the molecule is CI.CNC(=O)Nc1ccc2c(c1)C(COC(=O)NF)c1cc(S(=O)O)ccc1-2. The van der Waals surface area contributed by atoms with Crippen molar-refractivity contribution in [3.63, 3.8) is 0 Å². The molecule has 11 heteroatoms. The molecule has 156 valence electrons. The summed E-state index contributed by atoms with van der Waals surface area (Å²) < 4.78 is 37.9. The second-order valence-electron chi connectivity index (χ2n) is 5.75. The molecule has 0 saturated carbocycles. The number of benzene rings is 2. The Morgan fingerprint density at radius 3 is 2.38 bits per heavy atom. The van der Waals surface area contributed by atoms with Gasteiger partial charge in [-0.3, -0.25) is 0 Å². The van der Waals surface area contributed by atoms with Crippen LogP contribution in [0.5, 0.6) is 0 Å². The van der Waals surface area contributed by atoms with E-state index in [1.807, 2.05) is 4.93 Å². The molecule has 2 aromatic rings. The van der Waals surface area contributed by atoms with Crippen LogP contribution < -0.4 is 16.2 Å². The van der Waals surface area contributed by atoms with Crippen LogP contribution in [-0.4, -0.2) is 39.5 Å². The van der Waals surface area contributed by atoms with Gasteiger partial charge in [0.2, 0.25) is 0 Å². The summed E-state index contributed by atoms with van der Waals surface area (Å²) >= 11 is -0.0247. The van der Waals surface area contributed by atoms with Crippen LogP contribution in [-0.2, 0) is 15.8 Å². The first kappa shape index (κ1) is 23.0. The molecule has 2 unspecified atom stereocenters. The summed E-state index contributed by atoms with van der Waals surface area (Å²) in [4.78, 5) is 24.9. The maximum absolute atomic E-state index is 12.2. The van der Waals surface area contributed by atoms with Crippen LogP contribution in [0.25, 0.3) is 11.1 Å². The van der Waals surface area contributed by atoms with Gasteiger partial charge in [-0.05, 0) is 51.4 Å². The number of urea groups is 1. The van der Waals surface area contributed by atoms with Crippen molar-refractivity contribution >= 4 is 51.5 Å². The molecule has 2 atom stereocenters. The molecule has 4 N–H and O–H groups in total. The van der Waals surface area contributed by atoms with Gasteiger partial charge in [0.25, 0.3) is 0 Å². The minimum atomic E-state index is -2.17. The molecule has 8 nitrogen and oxygen atoms in total. The van der Waals surface area contributed by atoms with Crippen LogP contribution in [0.15, 0.2) is 41.3 Å². The first-order chi connectivity index (χ1) is 13.9. The van der Waals surface area contributed by atoms with Crippen molar-refractivity contribution in [3.05, 3.63) is 47.5 Å². The van der Waals surface area contributed by atoms with Gasteiger partial charge in [-0.2, -0.15) is 5.54 Å². The molecular weight excluding hydrogens is 516 g/mol. The van der Waals surface area contributed by atoms with Crippen LogP contribution in [0.2, 0.25) is 0 Å². The van der Waals surface area contributed by atoms with E-state index in [0.29, 0.717) is 11.3 Å². The van der Waals surface area contributed by atoms with Crippen LogP contribution in [0.1, 0.15) is 17.0 Å². The molecule has 0 saturated heterocycles. The lowest BCUT2D eigenvalue weighted by molar-refractivity contribution is 0.121. The quantitative estimate of drug-likeness (QED) is 0.206. The monoisotopic (exact) mass is 535 g/mol. The number of nitrogens with one attached hydrogen (secondary N) is 3. The normalized spacial score (nSPS) is 14.4. The van der Waals surface area contributed by atoms with E-state index in [0.717, 1.165) is 22.2 Å². The largest absolute Gasteiger partial charge is 0.447 e. The molecule has 1 aliphatic carbocycles. The molecule has 3 rings (SSSR count). The molecule has 0 aliphatic heterocycles. The summed E-state index contributed by atoms with van der Waals surface area (Å²) in [5.74, 6) is -0.484. The second-order valence-corrected chi connectivity index (χ2v) is 6.72. The molecule has 2 aromatic carbocycles. The molecule has 1 aliphatic rings. The Bertz CT molecular complexity index is 944. The van der Waals surface area contributed by atoms with E-state index >= 15 is 0 Å². The summed E-state index contributed by atoms with van der Waals surface area (Å²) in [7, 11) is 1.49. The second kappa shape index (κ2) is 10.5. The predicted molar refractivity (Wildman–Crippen MR) is 116 cm³/mol. The highest BCUT2D eigenvalue weighted by molar-refractivity contribution is 14.1. The molecule has 3 amide bonds. The Morgan fingerprint density at radius 2 is 1.79 bits per heavy atom. The van der Waals surface area contributed by atoms with Crippen LogP contribution in [0, 0.1) is 0 Å². The summed E-state index contributed by atoms with van der Waals surface area (Å²) in [6.45, 7) is -0.180. The summed E-state index contributed by atoms with van der Waals surface area (Å²) in [6, 6.07) is 9.64. The number of fused-ring (bicyclic) bond motifs is 3. The average Bonchev–Trinajstić information content (AvgIpc) is 3.05. The highest BCUT2D eigenvalue weighted by Crippen LogP contribution is 2.46. The highest BCUT2D eigenvalue weighted by Gasteiger charge is 2.31. The van der Waals surface area contributed by atoms with Crippen LogP contribution in [0.3, 0.4) is 0 Å². The Labute approximate surface area is 183 Å². The van der Waals surface area contributed by atoms with Gasteiger partial charge in [-0.15, -0.1) is 0 Å². The number of carbonyl (C=O) groups is 2. The van der Waals surface area contributed by atoms with Gasteiger partial charge in [0.15, 0.2) is 11.1 Å². The number of carbonyl (C=O) groups excluding carboxylic acids is 2. The smallest absolute Gasteiger partial charge is 0.435 e. The van der Waals surface area contributed by atoms with E-state index in [1.54, 1.807) is 30.3 Å². The van der Waals surface area contributed by atoms with Crippen molar-refractivity contribution in [1.29, 1.82) is 0 Å². The zero-order valence-corrected chi connectivity index (χ0v) is 18.5. The van der Waals surface area contributed by atoms with E-state index in [9.17, 15) is 22.8 Å². The van der Waals surface area contributed by atoms with Crippen molar-refractivity contribution < 1.29 is 27.6 Å². The standard InChI is InChI=1S/C17H16FN3O5S.CH3I/c1-19-16(22)20-9-2-4-11-12-5-3-10(27(24)25)7-14(12)15(13(11)6-9)8-26-17(23)21-18;1-2/h2-7,15H,8H2,1H3,(H,21,23)(H,24,25)(H2,19,20,22);1H3. The molecule has 0 heterocycles. The topological polar surface area (TPSA) is 117 Å². The van der Waals surface area contributed by atoms with E-state index in [-0.39, 0.29) is 11.5 Å². The summed E-state index contributed by atoms with van der Waals surface area (Å²) in [5, 5.41) is 5.10. The number of halogens is 2. The number of rotatable bonds is 4. The van der Waals surface area contributed by atoms with Crippen molar-refractivity contribution in [2.45, 2.75) is 10.8 Å². The predicted octanol–water partition coefficient (Wildman–Crippen LogP) is 3.79. The Hall–Kier alpha value is -2.25. The van der Waals surface area contributed by atoms with Crippen molar-refractivity contribution in [2.24, 2.45) is 0 Å². The molecule has 0 spiro atoms. The van der Waals surface area contributed by atoms with E-state index in [2.05, 4.69) is 33.2 Å².